The second-order valence-electron chi connectivity index (χ2n) is 7.28. The van der Waals surface area contributed by atoms with E-state index in [0.29, 0.717) is 17.0 Å². The van der Waals surface area contributed by atoms with Gasteiger partial charge in [0.15, 0.2) is 0 Å². The first-order valence-corrected chi connectivity index (χ1v) is 8.76. The lowest BCUT2D eigenvalue weighted by molar-refractivity contribution is 0.0715. The maximum atomic E-state index is 13.3. The molecule has 2 aliphatic rings. The predicted molar refractivity (Wildman–Crippen MR) is 91.6 cm³/mol. The number of aryl methyl sites for hydroxylation is 1. The van der Waals surface area contributed by atoms with E-state index in [-0.39, 0.29) is 17.1 Å². The Bertz CT molecular complexity index is 621. The van der Waals surface area contributed by atoms with Crippen molar-refractivity contribution < 1.29 is 13.9 Å². The summed E-state index contributed by atoms with van der Waals surface area (Å²) in [6, 6.07) is 4.41. The van der Waals surface area contributed by atoms with E-state index in [0.717, 1.165) is 45.8 Å². The molecular formula is C19H27FN2O2. The molecule has 2 atom stereocenters. The molecular weight excluding hydrogens is 307 g/mol. The number of likely N-dealkylation sites (tertiary alicyclic amines) is 2. The predicted octanol–water partition coefficient (Wildman–Crippen LogP) is 2.56. The van der Waals surface area contributed by atoms with Crippen LogP contribution < -0.4 is 0 Å². The lowest BCUT2D eigenvalue weighted by Crippen LogP contribution is -2.38. The fraction of sp³-hybridized carbons (Fsp3) is 0.632. The van der Waals surface area contributed by atoms with Gasteiger partial charge in [0.2, 0.25) is 0 Å². The van der Waals surface area contributed by atoms with Crippen LogP contribution in [0.25, 0.3) is 0 Å². The molecule has 1 spiro atoms. The zero-order valence-electron chi connectivity index (χ0n) is 14.8. The molecule has 1 aromatic rings. The van der Waals surface area contributed by atoms with Crippen molar-refractivity contribution in [3.63, 3.8) is 0 Å². The summed E-state index contributed by atoms with van der Waals surface area (Å²) < 4.78 is 18.7. The Kier molecular flexibility index (Phi) is 4.92. The Morgan fingerprint density at radius 3 is 2.88 bits per heavy atom. The minimum absolute atomic E-state index is 0.0236. The molecule has 2 aliphatic heterocycles. The Morgan fingerprint density at radius 1 is 1.42 bits per heavy atom. The lowest BCUT2D eigenvalue weighted by atomic mass is 9.77. The first kappa shape index (κ1) is 17.4. The second-order valence-corrected chi connectivity index (χ2v) is 7.28. The molecule has 0 radical (unpaired) electrons. The van der Waals surface area contributed by atoms with Crippen LogP contribution in [0.15, 0.2) is 18.2 Å². The van der Waals surface area contributed by atoms with E-state index in [2.05, 4.69) is 11.8 Å². The second kappa shape index (κ2) is 6.81. The number of hydrogen-bond donors (Lipinski definition) is 0. The fourth-order valence-electron chi connectivity index (χ4n) is 4.38. The molecule has 5 heteroatoms. The zero-order chi connectivity index (χ0) is 17.3. The van der Waals surface area contributed by atoms with Crippen LogP contribution in [0.2, 0.25) is 0 Å². The average Bonchev–Trinajstić information content (AvgIpc) is 3.13. The highest BCUT2D eigenvalue weighted by Crippen LogP contribution is 2.44. The van der Waals surface area contributed by atoms with Crippen LogP contribution >= 0.6 is 0 Å². The van der Waals surface area contributed by atoms with Gasteiger partial charge in [0.05, 0.1) is 6.61 Å². The SMILES string of the molecule is CCN1C[C@@H](COC)[C@]2(CCN(C(=O)c3ccc(F)cc3C)C2)C1. The van der Waals surface area contributed by atoms with Gasteiger partial charge in [0.25, 0.3) is 5.91 Å². The normalized spacial score (nSPS) is 27.3. The molecule has 0 bridgehead atoms. The van der Waals surface area contributed by atoms with Crippen molar-refractivity contribution in [3.05, 3.63) is 35.1 Å². The first-order chi connectivity index (χ1) is 11.5. The smallest absolute Gasteiger partial charge is 0.254 e. The van der Waals surface area contributed by atoms with Crippen LogP contribution in [0.1, 0.15) is 29.3 Å². The summed E-state index contributed by atoms with van der Waals surface area (Å²) in [4.78, 5) is 17.3. The third-order valence-corrected chi connectivity index (χ3v) is 5.79. The molecule has 24 heavy (non-hydrogen) atoms. The summed E-state index contributed by atoms with van der Waals surface area (Å²) in [5.74, 6) is 0.196. The van der Waals surface area contributed by atoms with Crippen molar-refractivity contribution in [2.24, 2.45) is 11.3 Å². The number of carbonyl (C=O) groups excluding carboxylic acids is 1. The van der Waals surface area contributed by atoms with Gasteiger partial charge in [0, 0.05) is 50.2 Å². The van der Waals surface area contributed by atoms with E-state index in [1.165, 1.54) is 12.1 Å². The largest absolute Gasteiger partial charge is 0.384 e. The van der Waals surface area contributed by atoms with Gasteiger partial charge >= 0.3 is 0 Å². The van der Waals surface area contributed by atoms with Gasteiger partial charge in [-0.3, -0.25) is 4.79 Å². The van der Waals surface area contributed by atoms with Crippen molar-refractivity contribution in [2.75, 3.05) is 46.4 Å². The molecule has 0 aromatic heterocycles. The van der Waals surface area contributed by atoms with Crippen molar-refractivity contribution in [2.45, 2.75) is 20.3 Å². The summed E-state index contributed by atoms with van der Waals surface area (Å²) in [5.41, 5.74) is 1.45. The van der Waals surface area contributed by atoms with E-state index in [9.17, 15) is 9.18 Å². The summed E-state index contributed by atoms with van der Waals surface area (Å²) >= 11 is 0. The highest BCUT2D eigenvalue weighted by molar-refractivity contribution is 5.95. The molecule has 1 amide bonds. The first-order valence-electron chi connectivity index (χ1n) is 8.76. The van der Waals surface area contributed by atoms with Crippen molar-refractivity contribution in [1.29, 1.82) is 0 Å². The van der Waals surface area contributed by atoms with Crippen LogP contribution in [0.3, 0.4) is 0 Å². The van der Waals surface area contributed by atoms with E-state index < -0.39 is 0 Å². The third kappa shape index (κ3) is 3.07. The Hall–Kier alpha value is -1.46. The molecule has 4 nitrogen and oxygen atoms in total. The van der Waals surface area contributed by atoms with Gasteiger partial charge in [-0.05, 0) is 43.7 Å². The van der Waals surface area contributed by atoms with Gasteiger partial charge in [-0.1, -0.05) is 6.92 Å². The Balaban J connectivity index is 1.77. The van der Waals surface area contributed by atoms with Crippen LogP contribution in [-0.4, -0.2) is 62.1 Å². The standard InChI is InChI=1S/C19H27FN2O2/c1-4-21-10-15(11-24-3)19(12-21)7-8-22(13-19)18(23)17-6-5-16(20)9-14(17)2/h5-6,9,15H,4,7-8,10-13H2,1-3H3/t15-,19+/m0/s1. The molecule has 0 aliphatic carbocycles. The van der Waals surface area contributed by atoms with Crippen molar-refractivity contribution >= 4 is 5.91 Å². The van der Waals surface area contributed by atoms with Gasteiger partial charge < -0.3 is 14.5 Å². The molecule has 3 rings (SSSR count). The highest BCUT2D eigenvalue weighted by atomic mass is 19.1. The number of hydrogen-bond acceptors (Lipinski definition) is 3. The molecule has 0 unspecified atom stereocenters. The lowest BCUT2D eigenvalue weighted by Gasteiger charge is -2.30. The van der Waals surface area contributed by atoms with Crippen LogP contribution in [0.5, 0.6) is 0 Å². The highest BCUT2D eigenvalue weighted by Gasteiger charge is 2.50. The quantitative estimate of drug-likeness (QED) is 0.848. The number of carbonyl (C=O) groups is 1. The monoisotopic (exact) mass is 334 g/mol. The molecule has 0 saturated carbocycles. The molecule has 0 N–H and O–H groups in total. The summed E-state index contributed by atoms with van der Waals surface area (Å²) in [6.45, 7) is 9.38. The molecule has 2 saturated heterocycles. The number of halogens is 1. The van der Waals surface area contributed by atoms with E-state index >= 15 is 0 Å². The number of rotatable bonds is 4. The molecule has 2 heterocycles. The summed E-state index contributed by atoms with van der Waals surface area (Å²) in [6.07, 6.45) is 1.02. The number of benzene rings is 1. The van der Waals surface area contributed by atoms with Gasteiger partial charge in [-0.2, -0.15) is 0 Å². The minimum atomic E-state index is -0.295. The van der Waals surface area contributed by atoms with Crippen LogP contribution in [-0.2, 0) is 4.74 Å². The maximum absolute atomic E-state index is 13.3. The minimum Gasteiger partial charge on any atom is -0.384 e. The van der Waals surface area contributed by atoms with E-state index in [1.807, 2.05) is 4.90 Å². The van der Waals surface area contributed by atoms with Gasteiger partial charge in [0.1, 0.15) is 5.82 Å². The van der Waals surface area contributed by atoms with E-state index in [1.54, 1.807) is 20.1 Å². The summed E-state index contributed by atoms with van der Waals surface area (Å²) in [7, 11) is 1.75. The number of ether oxygens (including phenoxy) is 1. The van der Waals surface area contributed by atoms with Crippen LogP contribution in [0, 0.1) is 24.1 Å². The maximum Gasteiger partial charge on any atom is 0.254 e. The average molecular weight is 334 g/mol. The van der Waals surface area contributed by atoms with Gasteiger partial charge in [-0.25, -0.2) is 4.39 Å². The van der Waals surface area contributed by atoms with Gasteiger partial charge in [-0.15, -0.1) is 0 Å². The number of amides is 1. The fourth-order valence-corrected chi connectivity index (χ4v) is 4.38. The Morgan fingerprint density at radius 2 is 2.21 bits per heavy atom. The molecule has 2 fully saturated rings. The topological polar surface area (TPSA) is 32.8 Å². The number of nitrogens with zero attached hydrogens (tertiary/aromatic N) is 2. The molecule has 132 valence electrons. The Labute approximate surface area is 143 Å². The zero-order valence-corrected chi connectivity index (χ0v) is 14.8. The third-order valence-electron chi connectivity index (χ3n) is 5.79. The van der Waals surface area contributed by atoms with E-state index in [4.69, 9.17) is 4.74 Å². The summed E-state index contributed by atoms with van der Waals surface area (Å²) in [5, 5.41) is 0. The number of methoxy groups -OCH3 is 1. The van der Waals surface area contributed by atoms with Crippen molar-refractivity contribution in [1.82, 2.24) is 9.80 Å². The van der Waals surface area contributed by atoms with Crippen molar-refractivity contribution in [3.8, 4) is 0 Å². The molecule has 1 aromatic carbocycles. The van der Waals surface area contributed by atoms with Crippen LogP contribution in [0.4, 0.5) is 4.39 Å².